The first-order valence-corrected chi connectivity index (χ1v) is 10.7. The van der Waals surface area contributed by atoms with Gasteiger partial charge in [-0.05, 0) is 32.0 Å². The minimum atomic E-state index is -3.42. The molecule has 0 aliphatic heterocycles. The van der Waals surface area contributed by atoms with Gasteiger partial charge in [-0.25, -0.2) is 18.1 Å². The van der Waals surface area contributed by atoms with Crippen LogP contribution >= 0.6 is 22.7 Å². The first kappa shape index (κ1) is 17.3. The maximum atomic E-state index is 12.2. The maximum absolute atomic E-state index is 12.2. The molecule has 24 heavy (non-hydrogen) atoms. The van der Waals surface area contributed by atoms with Gasteiger partial charge < -0.3 is 0 Å². The minimum absolute atomic E-state index is 0.344. The third-order valence-corrected chi connectivity index (χ3v) is 7.36. The molecule has 0 atom stereocenters. The molecule has 3 rings (SSSR count). The Hall–Kier alpha value is -1.54. The summed E-state index contributed by atoms with van der Waals surface area (Å²) in [6.07, 6.45) is 0.575. The lowest BCUT2D eigenvalue weighted by atomic mass is 10.1. The number of thiazole rings is 1. The number of hydrogen-bond donors (Lipinski definition) is 1. The molecule has 0 saturated carbocycles. The van der Waals surface area contributed by atoms with E-state index in [1.807, 2.05) is 30.5 Å². The number of rotatable bonds is 6. The molecule has 126 valence electrons. The van der Waals surface area contributed by atoms with Crippen molar-refractivity contribution < 1.29 is 8.42 Å². The molecule has 0 aliphatic rings. The quantitative estimate of drug-likeness (QED) is 0.705. The predicted octanol–water partition coefficient (Wildman–Crippen LogP) is 4.01. The zero-order chi connectivity index (χ0) is 17.2. The van der Waals surface area contributed by atoms with Gasteiger partial charge >= 0.3 is 0 Å². The summed E-state index contributed by atoms with van der Waals surface area (Å²) < 4.78 is 27.4. The van der Waals surface area contributed by atoms with Crippen LogP contribution in [0.3, 0.4) is 0 Å². The first-order valence-electron chi connectivity index (χ1n) is 7.51. The van der Waals surface area contributed by atoms with E-state index < -0.39 is 10.0 Å². The highest BCUT2D eigenvalue weighted by Crippen LogP contribution is 2.25. The SMILES string of the molecule is Cc1cccc(-c2nc(CCNS(=O)(=O)c3ccc(C)s3)cs2)c1. The number of thiophene rings is 1. The Morgan fingerprint density at radius 1 is 1.17 bits per heavy atom. The Labute approximate surface area is 150 Å². The molecule has 0 amide bonds. The lowest BCUT2D eigenvalue weighted by Crippen LogP contribution is -2.25. The number of benzene rings is 1. The Morgan fingerprint density at radius 3 is 2.71 bits per heavy atom. The molecule has 7 heteroatoms. The number of nitrogens with one attached hydrogen (secondary N) is 1. The molecule has 2 heterocycles. The third-order valence-electron chi connectivity index (χ3n) is 3.47. The number of aryl methyl sites for hydroxylation is 2. The second kappa shape index (κ2) is 7.14. The van der Waals surface area contributed by atoms with Crippen molar-refractivity contribution in [2.24, 2.45) is 0 Å². The van der Waals surface area contributed by atoms with Crippen LogP contribution in [0.1, 0.15) is 16.1 Å². The minimum Gasteiger partial charge on any atom is -0.241 e. The molecule has 1 aromatic carbocycles. The molecule has 0 radical (unpaired) electrons. The first-order chi connectivity index (χ1) is 11.4. The van der Waals surface area contributed by atoms with E-state index in [0.717, 1.165) is 21.1 Å². The van der Waals surface area contributed by atoms with E-state index in [9.17, 15) is 8.42 Å². The van der Waals surface area contributed by atoms with Crippen LogP contribution in [0.15, 0.2) is 46.0 Å². The monoisotopic (exact) mass is 378 g/mol. The molecule has 0 bridgehead atoms. The zero-order valence-corrected chi connectivity index (χ0v) is 15.9. The van der Waals surface area contributed by atoms with Gasteiger partial charge in [0.25, 0.3) is 0 Å². The van der Waals surface area contributed by atoms with E-state index in [0.29, 0.717) is 17.2 Å². The summed E-state index contributed by atoms with van der Waals surface area (Å²) in [6, 6.07) is 11.7. The number of sulfonamides is 1. The van der Waals surface area contributed by atoms with E-state index >= 15 is 0 Å². The van der Waals surface area contributed by atoms with Gasteiger partial charge in [0.2, 0.25) is 10.0 Å². The van der Waals surface area contributed by atoms with Crippen LogP contribution in [-0.4, -0.2) is 19.9 Å². The molecular weight excluding hydrogens is 360 g/mol. The van der Waals surface area contributed by atoms with Crippen molar-refractivity contribution in [2.45, 2.75) is 24.5 Å². The van der Waals surface area contributed by atoms with Crippen molar-refractivity contribution in [3.05, 3.63) is 57.9 Å². The fourth-order valence-corrected chi connectivity index (χ4v) is 5.48. The highest BCUT2D eigenvalue weighted by atomic mass is 32.2. The van der Waals surface area contributed by atoms with Crippen LogP contribution in [-0.2, 0) is 16.4 Å². The fourth-order valence-electron chi connectivity index (χ4n) is 2.27. The summed E-state index contributed by atoms with van der Waals surface area (Å²) in [5.74, 6) is 0. The molecule has 0 aliphatic carbocycles. The Bertz CT molecular complexity index is 942. The molecule has 1 N–H and O–H groups in total. The number of aromatic nitrogens is 1. The van der Waals surface area contributed by atoms with Crippen LogP contribution in [0.5, 0.6) is 0 Å². The standard InChI is InChI=1S/C17H18N2O2S3/c1-12-4-3-5-14(10-12)17-19-15(11-22-17)8-9-18-24(20,21)16-7-6-13(2)23-16/h3-7,10-11,18H,8-9H2,1-2H3. The van der Waals surface area contributed by atoms with E-state index in [1.54, 1.807) is 17.4 Å². The zero-order valence-electron chi connectivity index (χ0n) is 13.4. The summed E-state index contributed by atoms with van der Waals surface area (Å²) in [5.41, 5.74) is 3.20. The van der Waals surface area contributed by atoms with Gasteiger partial charge in [0.15, 0.2) is 0 Å². The van der Waals surface area contributed by atoms with Crippen LogP contribution in [0, 0.1) is 13.8 Å². The van der Waals surface area contributed by atoms with Crippen LogP contribution in [0.4, 0.5) is 0 Å². The van der Waals surface area contributed by atoms with Gasteiger partial charge in [-0.2, -0.15) is 0 Å². The summed E-state index contributed by atoms with van der Waals surface area (Å²) in [6.45, 7) is 4.29. The van der Waals surface area contributed by atoms with Crippen molar-refractivity contribution in [2.75, 3.05) is 6.54 Å². The average Bonchev–Trinajstić information content (AvgIpc) is 3.16. The second-order valence-corrected chi connectivity index (χ2v) is 9.67. The normalized spacial score (nSPS) is 11.8. The van der Waals surface area contributed by atoms with E-state index in [2.05, 4.69) is 28.8 Å². The van der Waals surface area contributed by atoms with Crippen molar-refractivity contribution >= 4 is 32.7 Å². The predicted molar refractivity (Wildman–Crippen MR) is 100 cm³/mol. The largest absolute Gasteiger partial charge is 0.250 e. The lowest BCUT2D eigenvalue weighted by molar-refractivity contribution is 0.583. The van der Waals surface area contributed by atoms with Crippen molar-refractivity contribution in [1.82, 2.24) is 9.71 Å². The number of hydrogen-bond acceptors (Lipinski definition) is 5. The Kier molecular flexibility index (Phi) is 5.15. The van der Waals surface area contributed by atoms with E-state index in [4.69, 9.17) is 0 Å². The maximum Gasteiger partial charge on any atom is 0.250 e. The topological polar surface area (TPSA) is 59.1 Å². The van der Waals surface area contributed by atoms with Gasteiger partial charge in [0, 0.05) is 28.8 Å². The summed E-state index contributed by atoms with van der Waals surface area (Å²) in [5, 5.41) is 2.95. The molecular formula is C17H18N2O2S3. The summed E-state index contributed by atoms with van der Waals surface area (Å²) in [4.78, 5) is 5.59. The van der Waals surface area contributed by atoms with Crippen molar-refractivity contribution in [1.29, 1.82) is 0 Å². The second-order valence-electron chi connectivity index (χ2n) is 5.53. The molecule has 0 fully saturated rings. The Morgan fingerprint density at radius 2 is 2.00 bits per heavy atom. The Balaban J connectivity index is 1.62. The average molecular weight is 379 g/mol. The molecule has 2 aromatic heterocycles. The van der Waals surface area contributed by atoms with E-state index in [1.165, 1.54) is 16.9 Å². The molecule has 4 nitrogen and oxygen atoms in total. The van der Waals surface area contributed by atoms with Gasteiger partial charge in [0.05, 0.1) is 5.69 Å². The highest BCUT2D eigenvalue weighted by Gasteiger charge is 2.15. The van der Waals surface area contributed by atoms with E-state index in [-0.39, 0.29) is 0 Å². The van der Waals surface area contributed by atoms with Gasteiger partial charge in [-0.15, -0.1) is 22.7 Å². The highest BCUT2D eigenvalue weighted by molar-refractivity contribution is 7.91. The molecule has 0 spiro atoms. The smallest absolute Gasteiger partial charge is 0.241 e. The van der Waals surface area contributed by atoms with Crippen LogP contribution < -0.4 is 4.72 Å². The molecule has 0 saturated heterocycles. The molecule has 0 unspecified atom stereocenters. The summed E-state index contributed by atoms with van der Waals surface area (Å²) >= 11 is 2.86. The van der Waals surface area contributed by atoms with Gasteiger partial charge in [0.1, 0.15) is 9.22 Å². The van der Waals surface area contributed by atoms with Crippen LogP contribution in [0.25, 0.3) is 10.6 Å². The van der Waals surface area contributed by atoms with Crippen LogP contribution in [0.2, 0.25) is 0 Å². The third kappa shape index (κ3) is 4.10. The van der Waals surface area contributed by atoms with Crippen molar-refractivity contribution in [3.8, 4) is 10.6 Å². The fraction of sp³-hybridized carbons (Fsp3) is 0.235. The van der Waals surface area contributed by atoms with Gasteiger partial charge in [-0.3, -0.25) is 0 Å². The van der Waals surface area contributed by atoms with Crippen molar-refractivity contribution in [3.63, 3.8) is 0 Å². The van der Waals surface area contributed by atoms with Gasteiger partial charge in [-0.1, -0.05) is 23.8 Å². The lowest BCUT2D eigenvalue weighted by Gasteiger charge is -2.03. The molecule has 3 aromatic rings. The number of nitrogens with zero attached hydrogens (tertiary/aromatic N) is 1. The summed E-state index contributed by atoms with van der Waals surface area (Å²) in [7, 11) is -3.42.